The van der Waals surface area contributed by atoms with Gasteiger partial charge in [0.15, 0.2) is 0 Å². The first kappa shape index (κ1) is 12.3. The lowest BCUT2D eigenvalue weighted by molar-refractivity contribution is 0.0318. The Morgan fingerprint density at radius 1 is 1.43 bits per heavy atom. The molecule has 1 heterocycles. The van der Waals surface area contributed by atoms with Crippen LogP contribution in [-0.2, 0) is 4.74 Å². The number of ether oxygens (including phenoxy) is 1. The Balaban J connectivity index is 2.56. The summed E-state index contributed by atoms with van der Waals surface area (Å²) in [5.41, 5.74) is 5.87. The van der Waals surface area contributed by atoms with Crippen LogP contribution in [0.4, 0.5) is 0 Å². The third-order valence-electron chi connectivity index (χ3n) is 2.88. The average Bonchev–Trinajstić information content (AvgIpc) is 2.46. The molecule has 0 saturated carbocycles. The summed E-state index contributed by atoms with van der Waals surface area (Å²) in [5.74, 6) is 2.50. The van der Waals surface area contributed by atoms with Crippen molar-refractivity contribution in [2.24, 2.45) is 5.73 Å². The van der Waals surface area contributed by atoms with E-state index in [1.807, 2.05) is 11.8 Å². The predicted molar refractivity (Wildman–Crippen MR) is 62.9 cm³/mol. The molecule has 4 heteroatoms. The molecule has 1 unspecified atom stereocenters. The van der Waals surface area contributed by atoms with Crippen molar-refractivity contribution in [2.75, 3.05) is 44.9 Å². The maximum absolute atomic E-state index is 5.85. The van der Waals surface area contributed by atoms with E-state index in [0.717, 1.165) is 19.7 Å². The van der Waals surface area contributed by atoms with E-state index >= 15 is 0 Å². The van der Waals surface area contributed by atoms with Crippen LogP contribution in [0.25, 0.3) is 0 Å². The fourth-order valence-electron chi connectivity index (χ4n) is 1.88. The van der Waals surface area contributed by atoms with E-state index in [1.54, 1.807) is 7.11 Å². The molecule has 1 fully saturated rings. The van der Waals surface area contributed by atoms with E-state index in [9.17, 15) is 0 Å². The Morgan fingerprint density at radius 2 is 2.21 bits per heavy atom. The molecule has 0 aromatic rings. The fraction of sp³-hybridized carbons (Fsp3) is 1.00. The van der Waals surface area contributed by atoms with E-state index in [-0.39, 0.29) is 5.54 Å². The van der Waals surface area contributed by atoms with Crippen molar-refractivity contribution in [1.82, 2.24) is 4.90 Å². The average molecular weight is 218 g/mol. The first-order valence-electron chi connectivity index (χ1n) is 5.25. The number of hydrogen-bond acceptors (Lipinski definition) is 4. The normalized spacial score (nSPS) is 24.2. The lowest BCUT2D eigenvalue weighted by atomic mass is 10.0. The van der Waals surface area contributed by atoms with Gasteiger partial charge >= 0.3 is 0 Å². The van der Waals surface area contributed by atoms with Gasteiger partial charge in [-0.2, -0.15) is 11.8 Å². The molecule has 0 bridgehead atoms. The standard InChI is InChI=1S/C10H22N2OS/c1-10(8-11,9-13-2)12-4-3-6-14-7-5-12/h3-9,11H2,1-2H3. The van der Waals surface area contributed by atoms with Crippen LogP contribution in [0.3, 0.4) is 0 Å². The first-order chi connectivity index (χ1) is 6.73. The summed E-state index contributed by atoms with van der Waals surface area (Å²) in [5, 5.41) is 0. The van der Waals surface area contributed by atoms with Gasteiger partial charge in [-0.25, -0.2) is 0 Å². The Hall–Kier alpha value is 0.230. The highest BCUT2D eigenvalue weighted by molar-refractivity contribution is 7.99. The van der Waals surface area contributed by atoms with Crippen molar-refractivity contribution in [1.29, 1.82) is 0 Å². The summed E-state index contributed by atoms with van der Waals surface area (Å²) in [6.45, 7) is 5.90. The minimum Gasteiger partial charge on any atom is -0.383 e. The second-order valence-corrected chi connectivity index (χ2v) is 5.31. The second-order valence-electron chi connectivity index (χ2n) is 4.09. The van der Waals surface area contributed by atoms with Crippen molar-refractivity contribution < 1.29 is 4.74 Å². The minimum absolute atomic E-state index is 0.0274. The zero-order valence-electron chi connectivity index (χ0n) is 9.29. The highest BCUT2D eigenvalue weighted by Gasteiger charge is 2.30. The molecule has 1 aliphatic rings. The molecule has 0 aliphatic carbocycles. The Kier molecular flexibility index (Phi) is 5.23. The smallest absolute Gasteiger partial charge is 0.0656 e. The Bertz CT molecular complexity index is 160. The molecule has 2 N–H and O–H groups in total. The molecule has 1 atom stereocenters. The van der Waals surface area contributed by atoms with Gasteiger partial charge in [-0.1, -0.05) is 0 Å². The van der Waals surface area contributed by atoms with E-state index in [1.165, 1.54) is 17.9 Å². The van der Waals surface area contributed by atoms with Crippen LogP contribution in [0.1, 0.15) is 13.3 Å². The largest absolute Gasteiger partial charge is 0.383 e. The van der Waals surface area contributed by atoms with Gasteiger partial charge in [0.25, 0.3) is 0 Å². The van der Waals surface area contributed by atoms with Gasteiger partial charge in [0, 0.05) is 26.0 Å². The predicted octanol–water partition coefficient (Wildman–Crippen LogP) is 0.789. The maximum atomic E-state index is 5.85. The summed E-state index contributed by atoms with van der Waals surface area (Å²) in [6.07, 6.45) is 1.27. The van der Waals surface area contributed by atoms with Crippen molar-refractivity contribution in [2.45, 2.75) is 18.9 Å². The molecular formula is C10H22N2OS. The molecule has 0 aromatic carbocycles. The number of rotatable bonds is 4. The number of thioether (sulfide) groups is 1. The van der Waals surface area contributed by atoms with E-state index in [0.29, 0.717) is 6.54 Å². The fourth-order valence-corrected chi connectivity index (χ4v) is 2.76. The summed E-state index contributed by atoms with van der Waals surface area (Å²) in [4.78, 5) is 2.48. The summed E-state index contributed by atoms with van der Waals surface area (Å²) < 4.78 is 5.26. The number of nitrogens with two attached hydrogens (primary N) is 1. The maximum Gasteiger partial charge on any atom is 0.0656 e. The quantitative estimate of drug-likeness (QED) is 0.757. The van der Waals surface area contributed by atoms with Gasteiger partial charge in [-0.15, -0.1) is 0 Å². The van der Waals surface area contributed by atoms with Crippen molar-refractivity contribution in [3.63, 3.8) is 0 Å². The van der Waals surface area contributed by atoms with Crippen LogP contribution in [0, 0.1) is 0 Å². The zero-order valence-corrected chi connectivity index (χ0v) is 10.1. The molecule has 0 aromatic heterocycles. The molecule has 1 aliphatic heterocycles. The van der Waals surface area contributed by atoms with Crippen molar-refractivity contribution in [3.8, 4) is 0 Å². The lowest BCUT2D eigenvalue weighted by Gasteiger charge is -2.39. The van der Waals surface area contributed by atoms with Gasteiger partial charge in [0.05, 0.1) is 12.1 Å². The van der Waals surface area contributed by atoms with Gasteiger partial charge in [0.1, 0.15) is 0 Å². The molecule has 84 valence electrons. The number of nitrogens with zero attached hydrogens (tertiary/aromatic N) is 1. The van der Waals surface area contributed by atoms with Gasteiger partial charge in [-0.3, -0.25) is 4.90 Å². The molecule has 14 heavy (non-hydrogen) atoms. The second kappa shape index (κ2) is 5.95. The Morgan fingerprint density at radius 3 is 2.86 bits per heavy atom. The minimum atomic E-state index is 0.0274. The molecule has 0 amide bonds. The van der Waals surface area contributed by atoms with Gasteiger partial charge in [-0.05, 0) is 25.6 Å². The van der Waals surface area contributed by atoms with Crippen molar-refractivity contribution >= 4 is 11.8 Å². The highest BCUT2D eigenvalue weighted by Crippen LogP contribution is 2.19. The molecule has 1 rings (SSSR count). The van der Waals surface area contributed by atoms with Crippen LogP contribution in [0.2, 0.25) is 0 Å². The van der Waals surface area contributed by atoms with E-state index in [4.69, 9.17) is 10.5 Å². The van der Waals surface area contributed by atoms with Crippen LogP contribution in [0.15, 0.2) is 0 Å². The highest BCUT2D eigenvalue weighted by atomic mass is 32.2. The molecule has 3 nitrogen and oxygen atoms in total. The Labute approximate surface area is 91.4 Å². The topological polar surface area (TPSA) is 38.5 Å². The van der Waals surface area contributed by atoms with Crippen LogP contribution >= 0.6 is 11.8 Å². The number of methoxy groups -OCH3 is 1. The summed E-state index contributed by atoms with van der Waals surface area (Å²) in [6, 6.07) is 0. The van der Waals surface area contributed by atoms with Crippen LogP contribution < -0.4 is 5.73 Å². The zero-order chi connectivity index (χ0) is 10.4. The molecular weight excluding hydrogens is 196 g/mol. The summed E-state index contributed by atoms with van der Waals surface area (Å²) in [7, 11) is 1.75. The van der Waals surface area contributed by atoms with Crippen molar-refractivity contribution in [3.05, 3.63) is 0 Å². The van der Waals surface area contributed by atoms with E-state index < -0.39 is 0 Å². The van der Waals surface area contributed by atoms with Crippen LogP contribution in [0.5, 0.6) is 0 Å². The molecule has 1 saturated heterocycles. The van der Waals surface area contributed by atoms with Gasteiger partial charge < -0.3 is 10.5 Å². The lowest BCUT2D eigenvalue weighted by Crippen LogP contribution is -2.55. The third-order valence-corrected chi connectivity index (χ3v) is 3.93. The monoisotopic (exact) mass is 218 g/mol. The number of hydrogen-bond donors (Lipinski definition) is 1. The first-order valence-corrected chi connectivity index (χ1v) is 6.40. The molecule has 0 radical (unpaired) electrons. The van der Waals surface area contributed by atoms with Crippen LogP contribution in [-0.4, -0.2) is 55.3 Å². The van der Waals surface area contributed by atoms with Gasteiger partial charge in [0.2, 0.25) is 0 Å². The SMILES string of the molecule is COCC(C)(CN)N1CCCSCC1. The summed E-state index contributed by atoms with van der Waals surface area (Å²) >= 11 is 2.04. The van der Waals surface area contributed by atoms with E-state index in [2.05, 4.69) is 11.8 Å². The third kappa shape index (κ3) is 3.12. The molecule has 0 spiro atoms.